The van der Waals surface area contributed by atoms with Gasteiger partial charge in [-0.3, -0.25) is 9.69 Å². The molecule has 1 fully saturated rings. The van der Waals surface area contributed by atoms with Crippen molar-refractivity contribution in [1.29, 1.82) is 0 Å². The lowest BCUT2D eigenvalue weighted by Crippen LogP contribution is -2.35. The van der Waals surface area contributed by atoms with E-state index < -0.39 is 0 Å². The van der Waals surface area contributed by atoms with Crippen LogP contribution < -0.4 is 10.1 Å². The monoisotopic (exact) mass is 356 g/mol. The van der Waals surface area contributed by atoms with Crippen molar-refractivity contribution in [3.05, 3.63) is 64.5 Å². The molecule has 0 bridgehead atoms. The zero-order valence-electron chi connectivity index (χ0n) is 14.5. The summed E-state index contributed by atoms with van der Waals surface area (Å²) in [6.07, 6.45) is 0. The Morgan fingerprint density at radius 3 is 2.88 bits per heavy atom. The molecule has 0 saturated carbocycles. The van der Waals surface area contributed by atoms with Crippen LogP contribution in [0.2, 0.25) is 0 Å². The van der Waals surface area contributed by atoms with Crippen LogP contribution >= 0.6 is 0 Å². The molecular weight excluding hydrogens is 335 g/mol. The maximum Gasteiger partial charge on any atom is 0.252 e. The van der Waals surface area contributed by atoms with Gasteiger partial charge in [-0.05, 0) is 29.8 Å². The highest BCUT2D eigenvalue weighted by atomic mass is 19.1. The molecule has 2 aliphatic rings. The van der Waals surface area contributed by atoms with Gasteiger partial charge in [0, 0.05) is 42.9 Å². The minimum Gasteiger partial charge on any atom is -0.488 e. The molecule has 6 heteroatoms. The van der Waals surface area contributed by atoms with Crippen LogP contribution in [0, 0.1) is 5.82 Å². The second-order valence-electron chi connectivity index (χ2n) is 6.57. The normalized spacial score (nSPS) is 17.0. The van der Waals surface area contributed by atoms with Crippen LogP contribution in [0.15, 0.2) is 36.4 Å². The molecule has 1 amide bonds. The fourth-order valence-electron chi connectivity index (χ4n) is 3.37. The average molecular weight is 356 g/mol. The predicted octanol–water partition coefficient (Wildman–Crippen LogP) is 2.48. The third kappa shape index (κ3) is 3.57. The van der Waals surface area contributed by atoms with E-state index in [4.69, 9.17) is 9.47 Å². The summed E-state index contributed by atoms with van der Waals surface area (Å²) in [6.45, 7) is 4.61. The van der Waals surface area contributed by atoms with Gasteiger partial charge < -0.3 is 14.8 Å². The topological polar surface area (TPSA) is 50.8 Å². The zero-order valence-corrected chi connectivity index (χ0v) is 14.5. The van der Waals surface area contributed by atoms with Crippen molar-refractivity contribution in [1.82, 2.24) is 10.2 Å². The van der Waals surface area contributed by atoms with E-state index in [1.54, 1.807) is 12.1 Å². The van der Waals surface area contributed by atoms with E-state index in [1.807, 2.05) is 18.2 Å². The molecule has 1 N–H and O–H groups in total. The van der Waals surface area contributed by atoms with Crippen LogP contribution in [0.3, 0.4) is 0 Å². The third-order valence-corrected chi connectivity index (χ3v) is 4.81. The number of halogens is 1. The highest BCUT2D eigenvalue weighted by molar-refractivity contribution is 5.99. The maximum atomic E-state index is 14.2. The summed E-state index contributed by atoms with van der Waals surface area (Å²) >= 11 is 0. The molecule has 0 spiro atoms. The minimum absolute atomic E-state index is 0.0934. The van der Waals surface area contributed by atoms with Crippen molar-refractivity contribution in [3.63, 3.8) is 0 Å². The quantitative estimate of drug-likeness (QED) is 0.894. The molecule has 0 unspecified atom stereocenters. The number of hydrogen-bond donors (Lipinski definition) is 1. The number of benzene rings is 2. The first-order valence-corrected chi connectivity index (χ1v) is 8.81. The second-order valence-corrected chi connectivity index (χ2v) is 6.57. The van der Waals surface area contributed by atoms with Gasteiger partial charge in [-0.1, -0.05) is 12.1 Å². The van der Waals surface area contributed by atoms with Crippen LogP contribution in [-0.4, -0.2) is 37.1 Å². The summed E-state index contributed by atoms with van der Waals surface area (Å²) in [7, 11) is 0. The number of hydrogen-bond acceptors (Lipinski definition) is 4. The van der Waals surface area contributed by atoms with Gasteiger partial charge >= 0.3 is 0 Å². The number of amides is 1. The van der Waals surface area contributed by atoms with Gasteiger partial charge in [0.2, 0.25) is 0 Å². The molecule has 1 saturated heterocycles. The maximum absolute atomic E-state index is 14.2. The highest BCUT2D eigenvalue weighted by Crippen LogP contribution is 2.27. The van der Waals surface area contributed by atoms with Crippen molar-refractivity contribution in [2.24, 2.45) is 0 Å². The second kappa shape index (κ2) is 7.43. The number of nitrogens with one attached hydrogen (secondary N) is 1. The Balaban J connectivity index is 1.46. The zero-order chi connectivity index (χ0) is 17.9. The summed E-state index contributed by atoms with van der Waals surface area (Å²) in [6, 6.07) is 10.5. The molecule has 26 heavy (non-hydrogen) atoms. The highest BCUT2D eigenvalue weighted by Gasteiger charge is 2.22. The molecule has 136 valence electrons. The largest absolute Gasteiger partial charge is 0.488 e. The first-order valence-electron chi connectivity index (χ1n) is 8.81. The van der Waals surface area contributed by atoms with Crippen molar-refractivity contribution in [2.75, 3.05) is 26.3 Å². The Labute approximate surface area is 151 Å². The number of rotatable bonds is 5. The number of nitrogens with zero attached hydrogens (tertiary/aromatic N) is 1. The Kier molecular flexibility index (Phi) is 4.86. The van der Waals surface area contributed by atoms with Crippen molar-refractivity contribution < 1.29 is 18.7 Å². The molecule has 5 nitrogen and oxygen atoms in total. The van der Waals surface area contributed by atoms with Crippen LogP contribution in [0.4, 0.5) is 4.39 Å². The molecule has 2 heterocycles. The minimum atomic E-state index is -0.280. The molecule has 0 aliphatic carbocycles. The Hall–Kier alpha value is -2.44. The van der Waals surface area contributed by atoms with E-state index in [1.165, 1.54) is 6.07 Å². The summed E-state index contributed by atoms with van der Waals surface area (Å²) in [4.78, 5) is 14.0. The number of carbonyl (C=O) groups excluding carboxylic acids is 1. The van der Waals surface area contributed by atoms with Crippen LogP contribution in [0.5, 0.6) is 5.75 Å². The molecule has 2 aromatic rings. The molecular formula is C20H21FN2O3. The van der Waals surface area contributed by atoms with E-state index in [9.17, 15) is 9.18 Å². The van der Waals surface area contributed by atoms with E-state index in [0.29, 0.717) is 23.4 Å². The van der Waals surface area contributed by atoms with Gasteiger partial charge in [0.1, 0.15) is 18.2 Å². The summed E-state index contributed by atoms with van der Waals surface area (Å²) in [5.74, 6) is 0.250. The summed E-state index contributed by atoms with van der Waals surface area (Å²) in [5, 5.41) is 2.78. The van der Waals surface area contributed by atoms with Crippen molar-refractivity contribution in [3.8, 4) is 5.75 Å². The number of ether oxygens (including phenoxy) is 2. The van der Waals surface area contributed by atoms with E-state index >= 15 is 0 Å². The molecule has 2 aliphatic heterocycles. The Morgan fingerprint density at radius 2 is 2.04 bits per heavy atom. The van der Waals surface area contributed by atoms with Crippen molar-refractivity contribution >= 4 is 5.91 Å². The van der Waals surface area contributed by atoms with E-state index in [2.05, 4.69) is 10.2 Å². The van der Waals surface area contributed by atoms with Crippen molar-refractivity contribution in [2.45, 2.75) is 19.7 Å². The van der Waals surface area contributed by atoms with E-state index in [-0.39, 0.29) is 18.3 Å². The summed E-state index contributed by atoms with van der Waals surface area (Å²) < 4.78 is 25.4. The van der Waals surface area contributed by atoms with Crippen LogP contribution in [0.25, 0.3) is 0 Å². The lowest BCUT2D eigenvalue weighted by molar-refractivity contribution is 0.0341. The number of fused-ring (bicyclic) bond motifs is 1. The SMILES string of the molecule is O=C1NCc2c(OCc3cc(CN4CCOCC4)ccc3F)cccc21. The van der Waals surface area contributed by atoms with Gasteiger partial charge in [0.05, 0.1) is 13.2 Å². The smallest absolute Gasteiger partial charge is 0.252 e. The van der Waals surface area contributed by atoms with Gasteiger partial charge in [-0.2, -0.15) is 0 Å². The van der Waals surface area contributed by atoms with Gasteiger partial charge in [0.15, 0.2) is 0 Å². The fourth-order valence-corrected chi connectivity index (χ4v) is 3.37. The molecule has 0 radical (unpaired) electrons. The third-order valence-electron chi connectivity index (χ3n) is 4.81. The average Bonchev–Trinajstić information content (AvgIpc) is 3.05. The molecule has 2 aromatic carbocycles. The number of morpholine rings is 1. The van der Waals surface area contributed by atoms with Gasteiger partial charge in [0.25, 0.3) is 5.91 Å². The number of carbonyl (C=O) groups is 1. The molecule has 0 aromatic heterocycles. The van der Waals surface area contributed by atoms with Gasteiger partial charge in [-0.15, -0.1) is 0 Å². The van der Waals surface area contributed by atoms with E-state index in [0.717, 1.165) is 44.0 Å². The molecule has 4 rings (SSSR count). The van der Waals surface area contributed by atoms with Gasteiger partial charge in [-0.25, -0.2) is 4.39 Å². The first-order chi connectivity index (χ1) is 12.7. The lowest BCUT2D eigenvalue weighted by atomic mass is 10.1. The lowest BCUT2D eigenvalue weighted by Gasteiger charge is -2.26. The van der Waals surface area contributed by atoms with Crippen LogP contribution in [0.1, 0.15) is 27.0 Å². The van der Waals surface area contributed by atoms with Crippen LogP contribution in [-0.2, 0) is 24.4 Å². The molecule has 0 atom stereocenters. The fraction of sp³-hybridized carbons (Fsp3) is 0.350. The first kappa shape index (κ1) is 17.0. The Bertz CT molecular complexity index is 819. The Morgan fingerprint density at radius 1 is 1.19 bits per heavy atom. The summed E-state index contributed by atoms with van der Waals surface area (Å²) in [5.41, 5.74) is 3.04. The standard InChI is InChI=1S/C20H21FN2O3/c21-18-5-4-14(12-23-6-8-25-9-7-23)10-15(18)13-26-19-3-1-2-16-17(19)11-22-20(16)24/h1-5,10H,6-9,11-13H2,(H,22,24). The predicted molar refractivity (Wildman–Crippen MR) is 94.4 cm³/mol.